The van der Waals surface area contributed by atoms with E-state index in [1.165, 1.54) is 42.5 Å². The zero-order chi connectivity index (χ0) is 29.8. The molecule has 40 heavy (non-hydrogen) atoms. The van der Waals surface area contributed by atoms with E-state index in [0.29, 0.717) is 21.3 Å². The number of aryl methyl sites for hydroxylation is 1. The average Bonchev–Trinajstić information content (AvgIpc) is 3.31. The van der Waals surface area contributed by atoms with Crippen LogP contribution in [0.4, 0.5) is 29.7 Å². The molecule has 0 fully saturated rings. The zero-order valence-corrected chi connectivity index (χ0v) is 23.7. The van der Waals surface area contributed by atoms with Gasteiger partial charge in [-0.25, -0.2) is 10.8 Å². The number of nitrogens with one attached hydrogen (secondary N) is 3. The minimum Gasteiger partial charge on any atom is -0.396 e. The molecule has 1 aromatic heterocycles. The second-order valence-electron chi connectivity index (χ2n) is 9.19. The van der Waals surface area contributed by atoms with Crippen molar-refractivity contribution in [3.8, 4) is 0 Å². The summed E-state index contributed by atoms with van der Waals surface area (Å²) in [5.74, 6) is 5.30. The molecule has 2 aromatic carbocycles. The third-order valence-electron chi connectivity index (χ3n) is 5.51. The topological polar surface area (TPSA) is 138 Å². The van der Waals surface area contributed by atoms with E-state index in [0.717, 1.165) is 17.4 Å². The minimum atomic E-state index is -4.71. The van der Waals surface area contributed by atoms with E-state index < -0.39 is 22.7 Å². The van der Waals surface area contributed by atoms with Crippen LogP contribution in [0.15, 0.2) is 42.7 Å². The monoisotopic (exact) mass is 595 g/mol. The Bertz CT molecular complexity index is 1440. The normalized spacial score (nSPS) is 12.0. The van der Waals surface area contributed by atoms with Crippen molar-refractivity contribution in [3.63, 3.8) is 0 Å². The van der Waals surface area contributed by atoms with Crippen LogP contribution in [-0.4, -0.2) is 22.8 Å². The van der Waals surface area contributed by atoms with Gasteiger partial charge >= 0.3 is 6.18 Å². The molecule has 0 spiro atoms. The lowest BCUT2D eigenvalue weighted by Gasteiger charge is -2.19. The highest BCUT2D eigenvalue weighted by molar-refractivity contribution is 7.16. The predicted octanol–water partition coefficient (Wildman–Crippen LogP) is 5.47. The van der Waals surface area contributed by atoms with Gasteiger partial charge in [-0.05, 0) is 42.3 Å². The summed E-state index contributed by atoms with van der Waals surface area (Å²) in [6, 6.07) is 6.88. The maximum Gasteiger partial charge on any atom is 0.417 e. The highest BCUT2D eigenvalue weighted by Crippen LogP contribution is 2.38. The van der Waals surface area contributed by atoms with Crippen LogP contribution in [0.3, 0.4) is 0 Å². The van der Waals surface area contributed by atoms with E-state index in [1.54, 1.807) is 13.0 Å². The molecule has 1 heterocycles. The van der Waals surface area contributed by atoms with Gasteiger partial charge in [0.1, 0.15) is 0 Å². The van der Waals surface area contributed by atoms with Crippen molar-refractivity contribution in [2.24, 2.45) is 11.6 Å². The van der Waals surface area contributed by atoms with Gasteiger partial charge in [-0.1, -0.05) is 42.9 Å². The number of anilines is 3. The maximum absolute atomic E-state index is 13.7. The SMILES string of the molecule is CC(=O)Nc1ncc(/C(N)=C/N(N)c2cc(C(=O)Nc3cc(CNC(C)C)c(Cl)c(C(F)(F)F)c3)ccc2C)s1. The summed E-state index contributed by atoms with van der Waals surface area (Å²) in [7, 11) is 0. The number of alkyl halides is 3. The van der Waals surface area contributed by atoms with Crippen LogP contribution >= 0.6 is 22.9 Å². The Morgan fingerprint density at radius 3 is 2.52 bits per heavy atom. The number of rotatable bonds is 9. The molecule has 0 unspecified atom stereocenters. The number of amides is 2. The van der Waals surface area contributed by atoms with Gasteiger partial charge in [0.2, 0.25) is 5.91 Å². The molecule has 2 amide bonds. The number of nitrogens with two attached hydrogens (primary N) is 2. The molecule has 0 aliphatic heterocycles. The number of carbonyl (C=O) groups excluding carboxylic acids is 2. The van der Waals surface area contributed by atoms with Gasteiger partial charge in [-0.2, -0.15) is 13.2 Å². The Morgan fingerprint density at radius 1 is 1.20 bits per heavy atom. The van der Waals surface area contributed by atoms with Crippen LogP contribution in [0.2, 0.25) is 5.02 Å². The smallest absolute Gasteiger partial charge is 0.396 e. The molecule has 9 nitrogen and oxygen atoms in total. The Balaban J connectivity index is 1.87. The van der Waals surface area contributed by atoms with Crippen molar-refractivity contribution in [1.82, 2.24) is 10.3 Å². The van der Waals surface area contributed by atoms with Crippen molar-refractivity contribution in [1.29, 1.82) is 0 Å². The van der Waals surface area contributed by atoms with Crippen molar-refractivity contribution in [2.45, 2.75) is 46.5 Å². The van der Waals surface area contributed by atoms with E-state index in [-0.39, 0.29) is 41.0 Å². The third kappa shape index (κ3) is 7.94. The van der Waals surface area contributed by atoms with E-state index in [9.17, 15) is 22.8 Å². The minimum absolute atomic E-state index is 0.00673. The summed E-state index contributed by atoms with van der Waals surface area (Å²) < 4.78 is 41.0. The highest BCUT2D eigenvalue weighted by atomic mass is 35.5. The quantitative estimate of drug-likeness (QED) is 0.163. The van der Waals surface area contributed by atoms with Gasteiger partial charge in [0.05, 0.1) is 26.8 Å². The molecule has 0 aliphatic carbocycles. The van der Waals surface area contributed by atoms with E-state index in [2.05, 4.69) is 20.9 Å². The number of aromatic nitrogens is 1. The summed E-state index contributed by atoms with van der Waals surface area (Å²) in [6.07, 6.45) is -1.80. The number of benzene rings is 2. The standard InChI is InChI=1S/C26H29ClF3N7O2S/c1-13(2)33-10-17-7-18(9-19(23(17)27)26(28,29)30)36-24(39)16-6-5-14(3)21(8-16)37(32)12-20(31)22-11-34-25(40-22)35-15(4)38/h5-9,11-13,33H,10,31-32H2,1-4H3,(H,36,39)(H,34,35,38)/b20-12-. The third-order valence-corrected chi connectivity index (χ3v) is 6.92. The summed E-state index contributed by atoms with van der Waals surface area (Å²) in [5.41, 5.74) is 6.80. The molecule has 3 rings (SSSR count). The van der Waals surface area contributed by atoms with Gasteiger partial charge in [0.15, 0.2) is 5.13 Å². The fourth-order valence-corrected chi connectivity index (χ4v) is 4.60. The van der Waals surface area contributed by atoms with Crippen LogP contribution in [0.5, 0.6) is 0 Å². The van der Waals surface area contributed by atoms with Gasteiger partial charge in [-0.3, -0.25) is 14.6 Å². The summed E-state index contributed by atoms with van der Waals surface area (Å²) in [6.45, 7) is 6.91. The Morgan fingerprint density at radius 2 is 1.90 bits per heavy atom. The van der Waals surface area contributed by atoms with Gasteiger partial charge in [0.25, 0.3) is 5.91 Å². The lowest BCUT2D eigenvalue weighted by Crippen LogP contribution is -2.27. The second kappa shape index (κ2) is 12.7. The number of hydrogen-bond donors (Lipinski definition) is 5. The molecule has 0 bridgehead atoms. The van der Waals surface area contributed by atoms with Crippen LogP contribution < -0.4 is 32.5 Å². The first-order chi connectivity index (χ1) is 18.6. The molecule has 0 atom stereocenters. The molecular weight excluding hydrogens is 567 g/mol. The van der Waals surface area contributed by atoms with Crippen molar-refractivity contribution in [3.05, 3.63) is 74.9 Å². The fourth-order valence-electron chi connectivity index (χ4n) is 3.54. The summed E-state index contributed by atoms with van der Waals surface area (Å²) in [4.78, 5) is 28.9. The summed E-state index contributed by atoms with van der Waals surface area (Å²) in [5, 5.41) is 9.30. The first kappa shape index (κ1) is 30.9. The molecule has 0 radical (unpaired) electrons. The van der Waals surface area contributed by atoms with Crippen LogP contribution in [-0.2, 0) is 17.5 Å². The van der Waals surface area contributed by atoms with Gasteiger partial charge in [0, 0.05) is 43.2 Å². The molecule has 7 N–H and O–H groups in total. The molecule has 0 saturated carbocycles. The largest absolute Gasteiger partial charge is 0.417 e. The fraction of sp³-hybridized carbons (Fsp3) is 0.269. The number of hydrazine groups is 1. The molecular formula is C26H29ClF3N7O2S. The number of carbonyl (C=O) groups is 2. The van der Waals surface area contributed by atoms with Crippen LogP contribution in [0, 0.1) is 6.92 Å². The summed E-state index contributed by atoms with van der Waals surface area (Å²) >= 11 is 7.21. The van der Waals surface area contributed by atoms with Crippen molar-refractivity contribution in [2.75, 3.05) is 15.6 Å². The van der Waals surface area contributed by atoms with Crippen LogP contribution in [0.1, 0.15) is 52.7 Å². The maximum atomic E-state index is 13.7. The average molecular weight is 596 g/mol. The lowest BCUT2D eigenvalue weighted by atomic mass is 10.1. The van der Waals surface area contributed by atoms with E-state index in [4.69, 9.17) is 23.2 Å². The number of nitrogens with zero attached hydrogens (tertiary/aromatic N) is 2. The van der Waals surface area contributed by atoms with Crippen LogP contribution in [0.25, 0.3) is 5.70 Å². The Kier molecular flexibility index (Phi) is 9.79. The Labute approximate surface area is 238 Å². The molecule has 14 heteroatoms. The van der Waals surface area contributed by atoms with E-state index in [1.807, 2.05) is 13.8 Å². The first-order valence-electron chi connectivity index (χ1n) is 12.0. The van der Waals surface area contributed by atoms with Gasteiger partial charge < -0.3 is 21.7 Å². The number of hydrogen-bond acceptors (Lipinski definition) is 8. The highest BCUT2D eigenvalue weighted by Gasteiger charge is 2.35. The molecule has 0 aliphatic rings. The predicted molar refractivity (Wildman–Crippen MR) is 153 cm³/mol. The first-order valence-corrected chi connectivity index (χ1v) is 13.1. The van der Waals surface area contributed by atoms with Crippen molar-refractivity contribution >= 4 is 57.0 Å². The number of halogens is 4. The molecule has 214 valence electrons. The molecule has 0 saturated heterocycles. The lowest BCUT2D eigenvalue weighted by molar-refractivity contribution is -0.137. The van der Waals surface area contributed by atoms with E-state index >= 15 is 0 Å². The second-order valence-corrected chi connectivity index (χ2v) is 10.6. The zero-order valence-electron chi connectivity index (χ0n) is 22.1. The van der Waals surface area contributed by atoms with Crippen molar-refractivity contribution < 1.29 is 22.8 Å². The molecule has 3 aromatic rings. The number of thiazole rings is 1. The van der Waals surface area contributed by atoms with Gasteiger partial charge in [-0.15, -0.1) is 0 Å². The Hall–Kier alpha value is -3.65.